The Hall–Kier alpha value is -0.700. The zero-order chi connectivity index (χ0) is 14.0. The molecule has 0 amide bonds. The first-order valence-corrected chi connectivity index (χ1v) is 7.42. The molecule has 3 atom stereocenters. The van der Waals surface area contributed by atoms with Gasteiger partial charge in [-0.1, -0.05) is 31.9 Å². The van der Waals surface area contributed by atoms with Crippen LogP contribution in [0.25, 0.3) is 6.08 Å². The summed E-state index contributed by atoms with van der Waals surface area (Å²) in [5.41, 5.74) is -0.636. The lowest BCUT2D eigenvalue weighted by atomic mass is 10.2. The highest BCUT2D eigenvalue weighted by Crippen LogP contribution is 2.32. The molecule has 1 saturated heterocycles. The Labute approximate surface area is 125 Å². The van der Waals surface area contributed by atoms with Gasteiger partial charge in [-0.15, -0.1) is 0 Å². The molecular weight excluding hydrogens is 384 g/mol. The van der Waals surface area contributed by atoms with E-state index in [1.165, 1.54) is 15.7 Å². The molecule has 0 saturated carbocycles. The third-order valence-electron chi connectivity index (χ3n) is 2.89. The second-order valence-corrected chi connectivity index (χ2v) is 5.81. The van der Waals surface area contributed by atoms with Crippen molar-refractivity contribution in [2.75, 3.05) is 6.61 Å². The second kappa shape index (κ2) is 6.17. The number of alkyl halides is 1. The maximum Gasteiger partial charge on any atom is 0.330 e. The number of H-pyrrole nitrogens is 1. The Balaban J connectivity index is 2.38. The summed E-state index contributed by atoms with van der Waals surface area (Å²) in [5.74, 6) is 0. The standard InChI is InChI=1S/C11H12Br2N2O4/c12-2-1-6-4-15(11(18)14-10(6)17)9-3-7(13)8(5-16)19-9/h1-2,4,7-9,16H,3,5H2,(H,14,17,18)/b2-1+/t7?,8-,9-/m0/s1. The largest absolute Gasteiger partial charge is 0.394 e. The van der Waals surface area contributed by atoms with Gasteiger partial charge in [0.05, 0.1) is 18.3 Å². The lowest BCUT2D eigenvalue weighted by molar-refractivity contribution is -0.0235. The van der Waals surface area contributed by atoms with Gasteiger partial charge in [-0.25, -0.2) is 4.79 Å². The van der Waals surface area contributed by atoms with Crippen LogP contribution in [0.2, 0.25) is 0 Å². The average molecular weight is 396 g/mol. The number of aliphatic hydroxyl groups excluding tert-OH is 1. The monoisotopic (exact) mass is 394 g/mol. The van der Waals surface area contributed by atoms with E-state index in [0.29, 0.717) is 12.0 Å². The number of ether oxygens (including phenoxy) is 1. The number of hydrogen-bond acceptors (Lipinski definition) is 4. The highest BCUT2D eigenvalue weighted by Gasteiger charge is 2.34. The molecule has 19 heavy (non-hydrogen) atoms. The third-order valence-corrected chi connectivity index (χ3v) is 4.12. The molecule has 1 aliphatic heterocycles. The third kappa shape index (κ3) is 3.07. The van der Waals surface area contributed by atoms with Crippen LogP contribution in [0.5, 0.6) is 0 Å². The van der Waals surface area contributed by atoms with Crippen molar-refractivity contribution in [3.63, 3.8) is 0 Å². The van der Waals surface area contributed by atoms with Gasteiger partial charge in [0.25, 0.3) is 5.56 Å². The molecule has 2 heterocycles. The molecule has 0 bridgehead atoms. The Morgan fingerprint density at radius 3 is 2.89 bits per heavy atom. The summed E-state index contributed by atoms with van der Waals surface area (Å²) in [6, 6.07) is 0. The molecule has 0 aliphatic carbocycles. The van der Waals surface area contributed by atoms with E-state index in [-0.39, 0.29) is 17.5 Å². The van der Waals surface area contributed by atoms with E-state index < -0.39 is 17.5 Å². The first kappa shape index (κ1) is 14.7. The summed E-state index contributed by atoms with van der Waals surface area (Å²) in [7, 11) is 0. The average Bonchev–Trinajstić information content (AvgIpc) is 2.74. The van der Waals surface area contributed by atoms with Crippen LogP contribution >= 0.6 is 31.9 Å². The van der Waals surface area contributed by atoms with E-state index in [4.69, 9.17) is 9.84 Å². The first-order chi connectivity index (χ1) is 9.06. The van der Waals surface area contributed by atoms with Crippen molar-refractivity contribution < 1.29 is 9.84 Å². The van der Waals surface area contributed by atoms with Crippen molar-refractivity contribution in [2.45, 2.75) is 23.6 Å². The number of rotatable bonds is 3. The molecule has 2 N–H and O–H groups in total. The fourth-order valence-corrected chi connectivity index (χ4v) is 2.82. The van der Waals surface area contributed by atoms with Gasteiger partial charge in [0.15, 0.2) is 0 Å². The van der Waals surface area contributed by atoms with Gasteiger partial charge in [-0.3, -0.25) is 14.3 Å². The maximum atomic E-state index is 11.8. The zero-order valence-corrected chi connectivity index (χ0v) is 12.9. The summed E-state index contributed by atoms with van der Waals surface area (Å²) < 4.78 is 6.90. The van der Waals surface area contributed by atoms with Gasteiger partial charge < -0.3 is 9.84 Å². The molecule has 1 aromatic heterocycles. The quantitative estimate of drug-likeness (QED) is 0.746. The van der Waals surface area contributed by atoms with Crippen LogP contribution in [0.15, 0.2) is 20.8 Å². The summed E-state index contributed by atoms with van der Waals surface area (Å²) in [5, 5.41) is 9.14. The van der Waals surface area contributed by atoms with Gasteiger partial charge in [0.2, 0.25) is 0 Å². The van der Waals surface area contributed by atoms with Crippen molar-refractivity contribution in [3.05, 3.63) is 37.6 Å². The molecule has 1 aromatic rings. The van der Waals surface area contributed by atoms with E-state index in [1.54, 1.807) is 6.08 Å². The van der Waals surface area contributed by atoms with Crippen LogP contribution in [0, 0.1) is 0 Å². The molecule has 0 spiro atoms. The minimum atomic E-state index is -0.528. The molecule has 104 valence electrons. The topological polar surface area (TPSA) is 84.3 Å². The van der Waals surface area contributed by atoms with Crippen LogP contribution in [0.1, 0.15) is 18.2 Å². The molecule has 8 heteroatoms. The number of halogens is 2. The van der Waals surface area contributed by atoms with Crippen molar-refractivity contribution in [1.82, 2.24) is 9.55 Å². The molecule has 1 aliphatic rings. The van der Waals surface area contributed by atoms with Gasteiger partial charge in [0.1, 0.15) is 6.23 Å². The summed E-state index contributed by atoms with van der Waals surface area (Å²) in [6.45, 7) is -0.126. The number of nitrogens with zero attached hydrogens (tertiary/aromatic N) is 1. The fraction of sp³-hybridized carbons (Fsp3) is 0.455. The molecule has 1 fully saturated rings. The van der Waals surface area contributed by atoms with Crippen LogP contribution in [-0.2, 0) is 4.74 Å². The van der Waals surface area contributed by atoms with E-state index in [0.717, 1.165) is 0 Å². The number of hydrogen-bond donors (Lipinski definition) is 2. The van der Waals surface area contributed by atoms with Gasteiger partial charge in [0, 0.05) is 17.4 Å². The summed E-state index contributed by atoms with van der Waals surface area (Å²) in [6.07, 6.45) is 2.66. The number of aliphatic hydroxyl groups is 1. The Bertz CT molecular complexity index is 595. The van der Waals surface area contributed by atoms with Crippen molar-refractivity contribution in [3.8, 4) is 0 Å². The summed E-state index contributed by atoms with van der Waals surface area (Å²) in [4.78, 5) is 27.1. The van der Waals surface area contributed by atoms with E-state index in [9.17, 15) is 9.59 Å². The molecule has 0 radical (unpaired) electrons. The first-order valence-electron chi connectivity index (χ1n) is 5.59. The maximum absolute atomic E-state index is 11.8. The van der Waals surface area contributed by atoms with Crippen molar-refractivity contribution >= 4 is 37.9 Å². The Morgan fingerprint density at radius 2 is 2.32 bits per heavy atom. The number of nitrogens with one attached hydrogen (secondary N) is 1. The normalized spacial score (nSPS) is 27.2. The van der Waals surface area contributed by atoms with Crippen LogP contribution < -0.4 is 11.2 Å². The smallest absolute Gasteiger partial charge is 0.330 e. The minimum Gasteiger partial charge on any atom is -0.394 e. The van der Waals surface area contributed by atoms with Crippen LogP contribution in [0.4, 0.5) is 0 Å². The van der Waals surface area contributed by atoms with Crippen molar-refractivity contribution in [2.24, 2.45) is 0 Å². The minimum absolute atomic E-state index is 0.0310. The summed E-state index contributed by atoms with van der Waals surface area (Å²) >= 11 is 6.48. The predicted octanol–water partition coefficient (Wildman–Crippen LogP) is 0.945. The lowest BCUT2D eigenvalue weighted by Gasteiger charge is -2.14. The predicted molar refractivity (Wildman–Crippen MR) is 77.6 cm³/mol. The molecule has 2 rings (SSSR count). The van der Waals surface area contributed by atoms with Gasteiger partial charge >= 0.3 is 5.69 Å². The highest BCUT2D eigenvalue weighted by molar-refractivity contribution is 9.11. The van der Waals surface area contributed by atoms with Gasteiger partial charge in [-0.05, 0) is 11.1 Å². The van der Waals surface area contributed by atoms with E-state index >= 15 is 0 Å². The van der Waals surface area contributed by atoms with E-state index in [2.05, 4.69) is 36.8 Å². The fourth-order valence-electron chi connectivity index (χ4n) is 1.92. The molecular formula is C11H12Br2N2O4. The highest BCUT2D eigenvalue weighted by atomic mass is 79.9. The van der Waals surface area contributed by atoms with Crippen LogP contribution in [-0.4, -0.2) is 32.2 Å². The Morgan fingerprint density at radius 1 is 1.58 bits per heavy atom. The molecule has 0 aromatic carbocycles. The number of aromatic amines is 1. The Kier molecular flexibility index (Phi) is 4.77. The van der Waals surface area contributed by atoms with Crippen molar-refractivity contribution in [1.29, 1.82) is 0 Å². The van der Waals surface area contributed by atoms with Crippen LogP contribution in [0.3, 0.4) is 0 Å². The van der Waals surface area contributed by atoms with Gasteiger partial charge in [-0.2, -0.15) is 0 Å². The number of aromatic nitrogens is 2. The second-order valence-electron chi connectivity index (χ2n) is 4.11. The van der Waals surface area contributed by atoms with E-state index in [1.807, 2.05) is 0 Å². The lowest BCUT2D eigenvalue weighted by Crippen LogP contribution is -2.33. The zero-order valence-electron chi connectivity index (χ0n) is 9.75. The molecule has 6 nitrogen and oxygen atoms in total. The molecule has 1 unspecified atom stereocenters. The SMILES string of the molecule is O=c1[nH]c(=O)n([C@@H]2CC(Br)[C@H](CO)O2)cc1/C=C/Br.